The minimum absolute atomic E-state index is 0.417. The predicted molar refractivity (Wildman–Crippen MR) is 80.1 cm³/mol. The minimum atomic E-state index is -0.462. The number of nitrogens with two attached hydrogens (primary N) is 1. The summed E-state index contributed by atoms with van der Waals surface area (Å²) in [5, 5.41) is 0.877. The van der Waals surface area contributed by atoms with Gasteiger partial charge in [0.15, 0.2) is 0 Å². The summed E-state index contributed by atoms with van der Waals surface area (Å²) in [6.45, 7) is 0. The molecule has 1 heterocycles. The van der Waals surface area contributed by atoms with Crippen molar-refractivity contribution in [1.82, 2.24) is 9.97 Å². The van der Waals surface area contributed by atoms with Crippen LogP contribution >= 0.6 is 23.2 Å². The molecule has 0 aliphatic carbocycles. The van der Waals surface area contributed by atoms with Gasteiger partial charge in [-0.2, -0.15) is 0 Å². The van der Waals surface area contributed by atoms with E-state index in [4.69, 9.17) is 28.9 Å². The number of halogens is 2. The van der Waals surface area contributed by atoms with Crippen molar-refractivity contribution in [1.29, 1.82) is 0 Å². The zero-order valence-electron chi connectivity index (χ0n) is 10.2. The van der Waals surface area contributed by atoms with Crippen molar-refractivity contribution in [2.75, 3.05) is 0 Å². The highest BCUT2D eigenvalue weighted by molar-refractivity contribution is 6.44. The molecule has 1 amide bonds. The van der Waals surface area contributed by atoms with Gasteiger partial charge in [-0.05, 0) is 24.3 Å². The first kappa shape index (κ1) is 13.0. The number of H-pyrrole nitrogens is 1. The van der Waals surface area contributed by atoms with Crippen LogP contribution in [0.5, 0.6) is 0 Å². The molecule has 3 N–H and O–H groups in total. The molecule has 0 radical (unpaired) electrons. The third kappa shape index (κ3) is 2.13. The van der Waals surface area contributed by atoms with Gasteiger partial charge in [-0.15, -0.1) is 0 Å². The normalized spacial score (nSPS) is 10.9. The van der Waals surface area contributed by atoms with Crippen molar-refractivity contribution in [2.24, 2.45) is 5.73 Å². The van der Waals surface area contributed by atoms with E-state index < -0.39 is 5.91 Å². The molecule has 0 spiro atoms. The highest BCUT2D eigenvalue weighted by Gasteiger charge is 2.11. The van der Waals surface area contributed by atoms with Crippen LogP contribution in [0.1, 0.15) is 10.4 Å². The quantitative estimate of drug-likeness (QED) is 0.758. The Kier molecular flexibility index (Phi) is 3.12. The largest absolute Gasteiger partial charge is 0.366 e. The topological polar surface area (TPSA) is 71.8 Å². The van der Waals surface area contributed by atoms with Gasteiger partial charge >= 0.3 is 0 Å². The van der Waals surface area contributed by atoms with E-state index >= 15 is 0 Å². The molecule has 0 unspecified atom stereocenters. The number of rotatable bonds is 2. The smallest absolute Gasteiger partial charge is 0.248 e. The van der Waals surface area contributed by atoms with E-state index in [2.05, 4.69) is 9.97 Å². The zero-order chi connectivity index (χ0) is 14.3. The first-order valence-corrected chi connectivity index (χ1v) is 6.56. The summed E-state index contributed by atoms with van der Waals surface area (Å²) in [5.74, 6) is 0.191. The monoisotopic (exact) mass is 305 g/mol. The number of aromatic amines is 1. The van der Waals surface area contributed by atoms with Crippen LogP contribution in [-0.4, -0.2) is 15.9 Å². The van der Waals surface area contributed by atoms with Crippen molar-refractivity contribution in [2.45, 2.75) is 0 Å². The van der Waals surface area contributed by atoms with Crippen molar-refractivity contribution in [3.05, 3.63) is 52.0 Å². The summed E-state index contributed by atoms with van der Waals surface area (Å²) in [4.78, 5) is 18.6. The number of imidazole rings is 1. The van der Waals surface area contributed by atoms with Crippen LogP contribution in [0.3, 0.4) is 0 Å². The highest BCUT2D eigenvalue weighted by Crippen LogP contribution is 2.31. The number of carbonyl (C=O) groups is 1. The number of nitrogens with one attached hydrogen (secondary N) is 1. The summed E-state index contributed by atoms with van der Waals surface area (Å²) in [6, 6.07) is 10.4. The van der Waals surface area contributed by atoms with Crippen LogP contribution in [0.2, 0.25) is 10.0 Å². The average Bonchev–Trinajstić information content (AvgIpc) is 2.88. The van der Waals surface area contributed by atoms with E-state index in [0.717, 1.165) is 11.1 Å². The maximum Gasteiger partial charge on any atom is 0.248 e. The fourth-order valence-electron chi connectivity index (χ4n) is 1.95. The summed E-state index contributed by atoms with van der Waals surface area (Å²) in [7, 11) is 0. The van der Waals surface area contributed by atoms with E-state index in [1.54, 1.807) is 30.3 Å². The number of hydrogen-bond acceptors (Lipinski definition) is 2. The Balaban J connectivity index is 2.10. The zero-order valence-corrected chi connectivity index (χ0v) is 11.7. The van der Waals surface area contributed by atoms with Gasteiger partial charge < -0.3 is 10.7 Å². The van der Waals surface area contributed by atoms with Crippen molar-refractivity contribution in [3.8, 4) is 11.4 Å². The molecule has 0 saturated carbocycles. The van der Waals surface area contributed by atoms with E-state index in [9.17, 15) is 4.79 Å². The maximum atomic E-state index is 11.0. The molecule has 0 aliphatic rings. The lowest BCUT2D eigenvalue weighted by atomic mass is 10.1. The number of benzene rings is 2. The molecule has 3 aromatic rings. The molecule has 4 nitrogen and oxygen atoms in total. The van der Waals surface area contributed by atoms with Crippen LogP contribution in [0.4, 0.5) is 0 Å². The highest BCUT2D eigenvalue weighted by atomic mass is 35.5. The molecule has 100 valence electrons. The average molecular weight is 306 g/mol. The molecule has 0 atom stereocenters. The van der Waals surface area contributed by atoms with Gasteiger partial charge in [0, 0.05) is 11.1 Å². The van der Waals surface area contributed by atoms with Crippen LogP contribution in [0, 0.1) is 0 Å². The van der Waals surface area contributed by atoms with Gasteiger partial charge in [-0.25, -0.2) is 4.98 Å². The lowest BCUT2D eigenvalue weighted by Crippen LogP contribution is -2.10. The van der Waals surface area contributed by atoms with Crippen molar-refractivity contribution in [3.63, 3.8) is 0 Å². The number of amides is 1. The van der Waals surface area contributed by atoms with Crippen molar-refractivity contribution >= 4 is 40.1 Å². The predicted octanol–water partition coefficient (Wildman–Crippen LogP) is 3.64. The lowest BCUT2D eigenvalue weighted by Gasteiger charge is -1.98. The molecule has 3 rings (SSSR count). The molecular formula is C14H9Cl2N3O. The Labute approximate surface area is 124 Å². The second kappa shape index (κ2) is 4.81. The fraction of sp³-hybridized carbons (Fsp3) is 0. The number of aromatic nitrogens is 2. The number of hydrogen-bond donors (Lipinski definition) is 2. The second-order valence-corrected chi connectivity index (χ2v) is 5.07. The molecule has 6 heteroatoms. The van der Waals surface area contributed by atoms with Gasteiger partial charge in [0.2, 0.25) is 5.91 Å². The second-order valence-electron chi connectivity index (χ2n) is 4.28. The Morgan fingerprint density at radius 3 is 2.45 bits per heavy atom. The molecule has 0 saturated heterocycles. The third-order valence-corrected chi connectivity index (χ3v) is 3.78. The number of carbonyl (C=O) groups excluding carboxylic acids is 1. The third-order valence-electron chi connectivity index (χ3n) is 2.99. The standard InChI is InChI=1S/C14H9Cl2N3O/c15-9-5-6-10-12(11(9)16)19-14(18-10)8-3-1-7(2-4-8)13(17)20/h1-6H,(H2,17,20)(H,18,19). The van der Waals surface area contributed by atoms with Gasteiger partial charge in [-0.3, -0.25) is 4.79 Å². The van der Waals surface area contributed by atoms with Crippen molar-refractivity contribution < 1.29 is 4.79 Å². The van der Waals surface area contributed by atoms with E-state index in [0.29, 0.717) is 26.9 Å². The van der Waals surface area contributed by atoms with Gasteiger partial charge in [0.1, 0.15) is 11.3 Å². The van der Waals surface area contributed by atoms with E-state index in [-0.39, 0.29) is 0 Å². The lowest BCUT2D eigenvalue weighted by molar-refractivity contribution is 0.100. The first-order chi connectivity index (χ1) is 9.56. The molecule has 0 aliphatic heterocycles. The molecule has 20 heavy (non-hydrogen) atoms. The molecule has 0 bridgehead atoms. The molecular weight excluding hydrogens is 297 g/mol. The summed E-state index contributed by atoms with van der Waals surface area (Å²) < 4.78 is 0. The van der Waals surface area contributed by atoms with Crippen LogP contribution in [-0.2, 0) is 0 Å². The van der Waals surface area contributed by atoms with Crippen LogP contribution < -0.4 is 5.73 Å². The number of nitrogens with zero attached hydrogens (tertiary/aromatic N) is 1. The van der Waals surface area contributed by atoms with Gasteiger partial charge in [0.25, 0.3) is 0 Å². The number of primary amides is 1. The SMILES string of the molecule is NC(=O)c1ccc(-c2nc3c(Cl)c(Cl)ccc3[nH]2)cc1. The van der Waals surface area contributed by atoms with Crippen LogP contribution in [0.15, 0.2) is 36.4 Å². The molecule has 1 aromatic heterocycles. The van der Waals surface area contributed by atoms with E-state index in [1.165, 1.54) is 0 Å². The summed E-state index contributed by atoms with van der Waals surface area (Å²) in [6.07, 6.45) is 0. The number of fused-ring (bicyclic) bond motifs is 1. The summed E-state index contributed by atoms with van der Waals surface area (Å²) in [5.41, 5.74) is 7.91. The Hall–Kier alpha value is -2.04. The maximum absolute atomic E-state index is 11.0. The Morgan fingerprint density at radius 1 is 1.10 bits per heavy atom. The minimum Gasteiger partial charge on any atom is -0.366 e. The summed E-state index contributed by atoms with van der Waals surface area (Å²) >= 11 is 12.1. The Morgan fingerprint density at radius 2 is 1.80 bits per heavy atom. The fourth-order valence-corrected chi connectivity index (χ4v) is 2.31. The molecule has 0 fully saturated rings. The first-order valence-electron chi connectivity index (χ1n) is 5.80. The molecule has 2 aromatic carbocycles. The van der Waals surface area contributed by atoms with Crippen LogP contribution in [0.25, 0.3) is 22.4 Å². The van der Waals surface area contributed by atoms with Gasteiger partial charge in [0.05, 0.1) is 15.6 Å². The van der Waals surface area contributed by atoms with E-state index in [1.807, 2.05) is 6.07 Å². The Bertz CT molecular complexity index is 809. The van der Waals surface area contributed by atoms with Gasteiger partial charge in [-0.1, -0.05) is 35.3 Å².